The molecular weight excluding hydrogens is 465 g/mol. The fourth-order valence-corrected chi connectivity index (χ4v) is 3.49. The molecule has 0 amide bonds. The van der Waals surface area contributed by atoms with E-state index in [4.69, 9.17) is 0 Å². The summed E-state index contributed by atoms with van der Waals surface area (Å²) < 4.78 is 2.24. The van der Waals surface area contributed by atoms with E-state index in [0.717, 1.165) is 50.2 Å². The molecule has 2 aromatic rings. The van der Waals surface area contributed by atoms with Gasteiger partial charge < -0.3 is 20.1 Å². The zero-order valence-electron chi connectivity index (χ0n) is 17.1. The SMILES string of the molecule is CCN(CCNC(=NC)NCc1nnc2n1CCCC2)c1cccc(C)c1.I. The lowest BCUT2D eigenvalue weighted by Crippen LogP contribution is -2.41. The lowest BCUT2D eigenvalue weighted by molar-refractivity contribution is 0.504. The van der Waals surface area contributed by atoms with Crippen LogP contribution in [0.5, 0.6) is 0 Å². The molecule has 0 radical (unpaired) electrons. The van der Waals surface area contributed by atoms with Gasteiger partial charge in [0.15, 0.2) is 11.8 Å². The maximum atomic E-state index is 4.33. The molecule has 0 unspecified atom stereocenters. The van der Waals surface area contributed by atoms with Crippen molar-refractivity contribution < 1.29 is 0 Å². The Kier molecular flexibility index (Phi) is 9.01. The molecule has 1 aromatic carbocycles. The number of guanidine groups is 1. The van der Waals surface area contributed by atoms with Gasteiger partial charge in [0, 0.05) is 45.3 Å². The summed E-state index contributed by atoms with van der Waals surface area (Å²) >= 11 is 0. The van der Waals surface area contributed by atoms with Gasteiger partial charge in [-0.1, -0.05) is 12.1 Å². The molecule has 7 nitrogen and oxygen atoms in total. The molecule has 28 heavy (non-hydrogen) atoms. The van der Waals surface area contributed by atoms with Gasteiger partial charge in [-0.05, 0) is 44.4 Å². The van der Waals surface area contributed by atoms with Crippen molar-refractivity contribution in [1.29, 1.82) is 0 Å². The summed E-state index contributed by atoms with van der Waals surface area (Å²) in [5.41, 5.74) is 2.55. The molecule has 0 spiro atoms. The van der Waals surface area contributed by atoms with Crippen molar-refractivity contribution in [2.45, 2.75) is 46.2 Å². The van der Waals surface area contributed by atoms with Crippen molar-refractivity contribution in [2.24, 2.45) is 4.99 Å². The molecule has 0 saturated carbocycles. The number of aromatic nitrogens is 3. The number of anilines is 1. The monoisotopic (exact) mass is 497 g/mol. The number of likely N-dealkylation sites (N-methyl/N-ethyl adjacent to an activating group) is 1. The Bertz CT molecular complexity index is 772. The van der Waals surface area contributed by atoms with Crippen molar-refractivity contribution >= 4 is 35.6 Å². The number of benzene rings is 1. The topological polar surface area (TPSA) is 70.4 Å². The highest BCUT2D eigenvalue weighted by atomic mass is 127. The Morgan fingerprint density at radius 3 is 2.86 bits per heavy atom. The third-order valence-corrected chi connectivity index (χ3v) is 5.00. The minimum absolute atomic E-state index is 0. The fraction of sp³-hybridized carbons (Fsp3) is 0.550. The van der Waals surface area contributed by atoms with Crippen LogP contribution >= 0.6 is 24.0 Å². The number of hydrogen-bond donors (Lipinski definition) is 2. The summed E-state index contributed by atoms with van der Waals surface area (Å²) in [6, 6.07) is 8.63. The number of halogens is 1. The molecule has 3 rings (SSSR count). The molecule has 1 aliphatic rings. The van der Waals surface area contributed by atoms with Gasteiger partial charge in [0.05, 0.1) is 6.54 Å². The van der Waals surface area contributed by atoms with E-state index in [1.165, 1.54) is 24.1 Å². The Balaban J connectivity index is 0.00000280. The molecule has 1 aromatic heterocycles. The predicted molar refractivity (Wildman–Crippen MR) is 126 cm³/mol. The second kappa shape index (κ2) is 11.2. The van der Waals surface area contributed by atoms with Crippen LogP contribution in [0.4, 0.5) is 5.69 Å². The van der Waals surface area contributed by atoms with E-state index in [9.17, 15) is 0 Å². The van der Waals surface area contributed by atoms with E-state index in [-0.39, 0.29) is 24.0 Å². The van der Waals surface area contributed by atoms with Crippen molar-refractivity contribution in [2.75, 3.05) is 31.6 Å². The van der Waals surface area contributed by atoms with Gasteiger partial charge in [0.2, 0.25) is 0 Å². The normalized spacial score (nSPS) is 13.5. The minimum atomic E-state index is 0. The molecule has 1 aliphatic heterocycles. The van der Waals surface area contributed by atoms with E-state index >= 15 is 0 Å². The molecule has 0 saturated heterocycles. The third kappa shape index (κ3) is 5.83. The minimum Gasteiger partial charge on any atom is -0.370 e. The van der Waals surface area contributed by atoms with Crippen LogP contribution in [0.15, 0.2) is 29.3 Å². The summed E-state index contributed by atoms with van der Waals surface area (Å²) in [5, 5.41) is 15.4. The lowest BCUT2D eigenvalue weighted by atomic mass is 10.2. The molecule has 0 atom stereocenters. The lowest BCUT2D eigenvalue weighted by Gasteiger charge is -2.24. The average Bonchev–Trinajstić information content (AvgIpc) is 3.11. The van der Waals surface area contributed by atoms with Crippen LogP contribution in [-0.4, -0.2) is 47.4 Å². The smallest absolute Gasteiger partial charge is 0.191 e. The second-order valence-corrected chi connectivity index (χ2v) is 6.91. The standard InChI is InChI=1S/C20H31N7.HI/c1-4-26(17-9-7-8-16(2)14-17)13-11-22-20(21-3)23-15-19-25-24-18-10-5-6-12-27(18)19;/h7-9,14H,4-6,10-13,15H2,1-3H3,(H2,21,22,23);1H. The number of aliphatic imine (C=N–C) groups is 1. The summed E-state index contributed by atoms with van der Waals surface area (Å²) in [5.74, 6) is 2.89. The first kappa shape index (κ1) is 22.4. The van der Waals surface area contributed by atoms with E-state index in [2.05, 4.69) is 73.4 Å². The first-order valence-corrected chi connectivity index (χ1v) is 9.88. The summed E-state index contributed by atoms with van der Waals surface area (Å²) in [7, 11) is 1.80. The van der Waals surface area contributed by atoms with Crippen LogP contribution in [0, 0.1) is 6.92 Å². The summed E-state index contributed by atoms with van der Waals surface area (Å²) in [6.45, 7) is 8.69. The van der Waals surface area contributed by atoms with E-state index in [1.54, 1.807) is 7.05 Å². The molecule has 2 N–H and O–H groups in total. The molecule has 8 heteroatoms. The van der Waals surface area contributed by atoms with Gasteiger partial charge >= 0.3 is 0 Å². The second-order valence-electron chi connectivity index (χ2n) is 6.91. The number of nitrogens with one attached hydrogen (secondary N) is 2. The maximum absolute atomic E-state index is 4.33. The first-order valence-electron chi connectivity index (χ1n) is 9.88. The van der Waals surface area contributed by atoms with Crippen molar-refractivity contribution in [3.8, 4) is 0 Å². The van der Waals surface area contributed by atoms with Crippen molar-refractivity contribution in [3.63, 3.8) is 0 Å². The molecule has 0 aliphatic carbocycles. The Labute approximate surface area is 185 Å². The van der Waals surface area contributed by atoms with Crippen LogP contribution in [0.1, 0.15) is 37.0 Å². The Morgan fingerprint density at radius 1 is 1.25 bits per heavy atom. The number of hydrogen-bond acceptors (Lipinski definition) is 4. The summed E-state index contributed by atoms with van der Waals surface area (Å²) in [4.78, 5) is 6.69. The fourth-order valence-electron chi connectivity index (χ4n) is 3.49. The average molecular weight is 497 g/mol. The van der Waals surface area contributed by atoms with E-state index in [1.807, 2.05) is 0 Å². The van der Waals surface area contributed by atoms with Gasteiger partial charge in [-0.25, -0.2) is 0 Å². The van der Waals surface area contributed by atoms with Gasteiger partial charge in [0.1, 0.15) is 5.82 Å². The number of aryl methyl sites for hydroxylation is 2. The highest BCUT2D eigenvalue weighted by molar-refractivity contribution is 14.0. The molecule has 2 heterocycles. The van der Waals surface area contributed by atoms with E-state index < -0.39 is 0 Å². The molecule has 0 fully saturated rings. The van der Waals surface area contributed by atoms with E-state index in [0.29, 0.717) is 6.54 Å². The Hall–Kier alpha value is -1.84. The zero-order valence-corrected chi connectivity index (χ0v) is 19.4. The maximum Gasteiger partial charge on any atom is 0.191 e. The van der Waals surface area contributed by atoms with Crippen LogP contribution in [0.3, 0.4) is 0 Å². The summed E-state index contributed by atoms with van der Waals surface area (Å²) in [6.07, 6.45) is 3.45. The van der Waals surface area contributed by atoms with Crippen LogP contribution < -0.4 is 15.5 Å². The van der Waals surface area contributed by atoms with Gasteiger partial charge in [-0.3, -0.25) is 4.99 Å². The zero-order chi connectivity index (χ0) is 19.1. The Morgan fingerprint density at radius 2 is 2.11 bits per heavy atom. The highest BCUT2D eigenvalue weighted by Crippen LogP contribution is 2.15. The van der Waals surface area contributed by atoms with Crippen molar-refractivity contribution in [3.05, 3.63) is 41.5 Å². The first-order chi connectivity index (χ1) is 13.2. The predicted octanol–water partition coefficient (Wildman–Crippen LogP) is 2.73. The van der Waals surface area contributed by atoms with Crippen LogP contribution in [0.25, 0.3) is 0 Å². The molecule has 0 bridgehead atoms. The quantitative estimate of drug-likeness (QED) is 0.350. The van der Waals surface area contributed by atoms with Gasteiger partial charge in [-0.2, -0.15) is 0 Å². The largest absolute Gasteiger partial charge is 0.370 e. The number of rotatable bonds is 7. The van der Waals surface area contributed by atoms with Crippen LogP contribution in [0.2, 0.25) is 0 Å². The molecule has 154 valence electrons. The van der Waals surface area contributed by atoms with Crippen molar-refractivity contribution in [1.82, 2.24) is 25.4 Å². The molecular formula is C20H32IN7. The number of fused-ring (bicyclic) bond motifs is 1. The number of nitrogens with zero attached hydrogens (tertiary/aromatic N) is 5. The van der Waals surface area contributed by atoms with Gasteiger partial charge in [0.25, 0.3) is 0 Å². The highest BCUT2D eigenvalue weighted by Gasteiger charge is 2.15. The van der Waals surface area contributed by atoms with Gasteiger partial charge in [-0.15, -0.1) is 34.2 Å². The third-order valence-electron chi connectivity index (χ3n) is 5.00. The van der Waals surface area contributed by atoms with Crippen LogP contribution in [-0.2, 0) is 19.5 Å².